The number of carbonyl (C=O) groups excluding carboxylic acids is 2. The maximum absolute atomic E-state index is 11.8. The van der Waals surface area contributed by atoms with Crippen LogP contribution in [0.1, 0.15) is 19.3 Å². The number of likely N-dealkylation sites (tertiary alicyclic amines) is 1. The van der Waals surface area contributed by atoms with Crippen molar-refractivity contribution in [3.63, 3.8) is 0 Å². The fraction of sp³-hybridized carbons (Fsp3) is 0.778. The number of rotatable bonds is 1. The van der Waals surface area contributed by atoms with Crippen LogP contribution < -0.4 is 11.1 Å². The summed E-state index contributed by atoms with van der Waals surface area (Å²) in [5.41, 5.74) is 5.71. The van der Waals surface area contributed by atoms with Crippen LogP contribution in [0.4, 0.5) is 0 Å². The lowest BCUT2D eigenvalue weighted by Crippen LogP contribution is -2.44. The van der Waals surface area contributed by atoms with E-state index < -0.39 is 0 Å². The van der Waals surface area contributed by atoms with Crippen molar-refractivity contribution in [3.05, 3.63) is 0 Å². The Balaban J connectivity index is 1.92. The van der Waals surface area contributed by atoms with Crippen molar-refractivity contribution < 1.29 is 9.59 Å². The second-order valence-corrected chi connectivity index (χ2v) is 3.99. The minimum Gasteiger partial charge on any atom is -0.344 e. The lowest BCUT2D eigenvalue weighted by molar-refractivity contribution is -0.133. The number of carbonyl (C=O) groups is 2. The Morgan fingerprint density at radius 2 is 2.29 bits per heavy atom. The molecule has 0 saturated carbocycles. The lowest BCUT2D eigenvalue weighted by Gasteiger charge is -2.19. The Bertz CT molecular complexity index is 267. The van der Waals surface area contributed by atoms with Gasteiger partial charge >= 0.3 is 0 Å². The molecule has 0 bridgehead atoms. The van der Waals surface area contributed by atoms with Crippen molar-refractivity contribution in [3.8, 4) is 0 Å². The average Bonchev–Trinajstić information content (AvgIpc) is 2.73. The van der Waals surface area contributed by atoms with Crippen LogP contribution in [0, 0.1) is 0 Å². The highest BCUT2D eigenvalue weighted by molar-refractivity contribution is 5.90. The second-order valence-electron chi connectivity index (χ2n) is 3.99. The number of amides is 2. The highest BCUT2D eigenvalue weighted by Crippen LogP contribution is 2.14. The van der Waals surface area contributed by atoms with Gasteiger partial charge in [0.15, 0.2) is 0 Å². The standard InChI is InChI=1S/C9H15N3O2/c10-6-3-4-12(5-6)9(14)7-1-2-8(13)11-7/h6-7H,1-5,10H2,(H,11,13)/t6?,7-/m1/s1. The topological polar surface area (TPSA) is 75.4 Å². The van der Waals surface area contributed by atoms with Gasteiger partial charge in [0.25, 0.3) is 0 Å². The van der Waals surface area contributed by atoms with Crippen molar-refractivity contribution >= 4 is 11.8 Å². The fourth-order valence-corrected chi connectivity index (χ4v) is 2.01. The third kappa shape index (κ3) is 1.72. The number of nitrogens with two attached hydrogens (primary N) is 1. The quantitative estimate of drug-likeness (QED) is 0.556. The molecule has 0 aromatic heterocycles. The van der Waals surface area contributed by atoms with Gasteiger partial charge in [-0.15, -0.1) is 0 Å². The van der Waals surface area contributed by atoms with E-state index in [1.807, 2.05) is 0 Å². The van der Waals surface area contributed by atoms with E-state index in [9.17, 15) is 9.59 Å². The first-order valence-corrected chi connectivity index (χ1v) is 5.00. The lowest BCUT2D eigenvalue weighted by atomic mass is 10.2. The molecular formula is C9H15N3O2. The first-order valence-electron chi connectivity index (χ1n) is 5.00. The number of nitrogens with zero attached hydrogens (tertiary/aromatic N) is 1. The molecule has 0 aromatic carbocycles. The Morgan fingerprint density at radius 1 is 1.50 bits per heavy atom. The van der Waals surface area contributed by atoms with Crippen molar-refractivity contribution in [2.24, 2.45) is 5.73 Å². The van der Waals surface area contributed by atoms with E-state index in [1.165, 1.54) is 0 Å². The monoisotopic (exact) mass is 197 g/mol. The van der Waals surface area contributed by atoms with Gasteiger partial charge in [-0.2, -0.15) is 0 Å². The normalized spacial score (nSPS) is 32.1. The van der Waals surface area contributed by atoms with Crippen LogP contribution >= 0.6 is 0 Å². The molecule has 5 heteroatoms. The first kappa shape index (κ1) is 9.45. The summed E-state index contributed by atoms with van der Waals surface area (Å²) < 4.78 is 0. The molecule has 0 spiro atoms. The summed E-state index contributed by atoms with van der Waals surface area (Å²) in [7, 11) is 0. The van der Waals surface area contributed by atoms with Gasteiger partial charge in [0.05, 0.1) is 0 Å². The Morgan fingerprint density at radius 3 is 2.79 bits per heavy atom. The Labute approximate surface area is 82.6 Å². The highest BCUT2D eigenvalue weighted by atomic mass is 16.2. The highest BCUT2D eigenvalue weighted by Gasteiger charge is 2.33. The van der Waals surface area contributed by atoms with Crippen LogP contribution in [0.15, 0.2) is 0 Å². The van der Waals surface area contributed by atoms with Crippen molar-refractivity contribution in [1.82, 2.24) is 10.2 Å². The summed E-state index contributed by atoms with van der Waals surface area (Å²) in [4.78, 5) is 24.5. The van der Waals surface area contributed by atoms with Crippen LogP contribution in [0.2, 0.25) is 0 Å². The van der Waals surface area contributed by atoms with E-state index >= 15 is 0 Å². The summed E-state index contributed by atoms with van der Waals surface area (Å²) in [6.07, 6.45) is 1.96. The molecule has 2 amide bonds. The molecule has 2 aliphatic heterocycles. The number of nitrogens with one attached hydrogen (secondary N) is 1. The van der Waals surface area contributed by atoms with Gasteiger partial charge in [-0.3, -0.25) is 9.59 Å². The number of hydrogen-bond donors (Lipinski definition) is 2. The third-order valence-corrected chi connectivity index (χ3v) is 2.83. The summed E-state index contributed by atoms with van der Waals surface area (Å²) in [5.74, 6) is 0.00986. The molecule has 14 heavy (non-hydrogen) atoms. The molecule has 0 aliphatic carbocycles. The van der Waals surface area contributed by atoms with Crippen LogP contribution in [0.3, 0.4) is 0 Å². The van der Waals surface area contributed by atoms with E-state index in [-0.39, 0.29) is 23.9 Å². The molecular weight excluding hydrogens is 182 g/mol. The summed E-state index contributed by atoms with van der Waals surface area (Å²) >= 11 is 0. The minimum absolute atomic E-state index is 0.0214. The molecule has 0 radical (unpaired) electrons. The predicted molar refractivity (Wildman–Crippen MR) is 50.3 cm³/mol. The largest absolute Gasteiger partial charge is 0.344 e. The maximum atomic E-state index is 11.8. The summed E-state index contributed by atoms with van der Waals surface area (Å²) in [5, 5.41) is 2.67. The smallest absolute Gasteiger partial charge is 0.245 e. The predicted octanol–water partition coefficient (Wildman–Crippen LogP) is -1.18. The minimum atomic E-state index is -0.298. The van der Waals surface area contributed by atoms with Gasteiger partial charge in [0.2, 0.25) is 11.8 Å². The van der Waals surface area contributed by atoms with Gasteiger partial charge < -0.3 is 16.0 Å². The van der Waals surface area contributed by atoms with E-state index in [4.69, 9.17) is 5.73 Å². The van der Waals surface area contributed by atoms with E-state index in [0.717, 1.165) is 13.0 Å². The molecule has 3 N–H and O–H groups in total. The Hall–Kier alpha value is -1.10. The van der Waals surface area contributed by atoms with Gasteiger partial charge in [-0.1, -0.05) is 0 Å². The zero-order chi connectivity index (χ0) is 10.1. The Kier molecular flexibility index (Phi) is 2.41. The molecule has 5 nitrogen and oxygen atoms in total. The van der Waals surface area contributed by atoms with Gasteiger partial charge in [-0.25, -0.2) is 0 Å². The van der Waals surface area contributed by atoms with Crippen LogP contribution in [-0.2, 0) is 9.59 Å². The SMILES string of the molecule is NC1CCN(C(=O)[C@H]2CCC(=O)N2)C1. The zero-order valence-corrected chi connectivity index (χ0v) is 8.03. The molecule has 2 fully saturated rings. The van der Waals surface area contributed by atoms with Crippen LogP contribution in [0.5, 0.6) is 0 Å². The molecule has 2 atom stereocenters. The van der Waals surface area contributed by atoms with Crippen molar-refractivity contribution in [2.75, 3.05) is 13.1 Å². The molecule has 2 aliphatic rings. The van der Waals surface area contributed by atoms with Crippen LogP contribution in [-0.4, -0.2) is 41.9 Å². The van der Waals surface area contributed by atoms with Crippen molar-refractivity contribution in [1.29, 1.82) is 0 Å². The van der Waals surface area contributed by atoms with Crippen LogP contribution in [0.25, 0.3) is 0 Å². The van der Waals surface area contributed by atoms with Crippen molar-refractivity contribution in [2.45, 2.75) is 31.3 Å². The third-order valence-electron chi connectivity index (χ3n) is 2.83. The fourth-order valence-electron chi connectivity index (χ4n) is 2.01. The van der Waals surface area contributed by atoms with Gasteiger partial charge in [-0.05, 0) is 12.8 Å². The molecule has 2 saturated heterocycles. The van der Waals surface area contributed by atoms with Gasteiger partial charge in [0.1, 0.15) is 6.04 Å². The molecule has 2 heterocycles. The molecule has 2 rings (SSSR count). The molecule has 78 valence electrons. The number of hydrogen-bond acceptors (Lipinski definition) is 3. The average molecular weight is 197 g/mol. The second kappa shape index (κ2) is 3.57. The summed E-state index contributed by atoms with van der Waals surface area (Å²) in [6.45, 7) is 1.36. The van der Waals surface area contributed by atoms with E-state index in [1.54, 1.807) is 4.90 Å². The zero-order valence-electron chi connectivity index (χ0n) is 8.03. The first-order chi connectivity index (χ1) is 6.66. The molecule has 1 unspecified atom stereocenters. The van der Waals surface area contributed by atoms with E-state index in [2.05, 4.69) is 5.32 Å². The summed E-state index contributed by atoms with van der Waals surface area (Å²) in [6, 6.07) is -0.191. The van der Waals surface area contributed by atoms with Gasteiger partial charge in [0, 0.05) is 25.6 Å². The molecule has 0 aromatic rings. The van der Waals surface area contributed by atoms with E-state index in [0.29, 0.717) is 19.4 Å². The maximum Gasteiger partial charge on any atom is 0.245 e.